The first kappa shape index (κ1) is 41.2. The predicted molar refractivity (Wildman–Crippen MR) is 207 cm³/mol. The maximum absolute atomic E-state index is 14.3. The van der Waals surface area contributed by atoms with Gasteiger partial charge in [-0.1, -0.05) is 24.3 Å². The van der Waals surface area contributed by atoms with Gasteiger partial charge in [0.15, 0.2) is 0 Å². The smallest absolute Gasteiger partial charge is 0.356 e. The van der Waals surface area contributed by atoms with Crippen LogP contribution in [-0.4, -0.2) is 81.2 Å². The molecule has 0 amide bonds. The molecule has 0 fully saturated rings. The van der Waals surface area contributed by atoms with E-state index in [9.17, 15) is 28.8 Å². The number of carbonyl (C=O) groups is 6. The molecule has 5 aromatic rings. The Morgan fingerprint density at radius 3 is 0.857 bits per heavy atom. The van der Waals surface area contributed by atoms with Gasteiger partial charge in [0, 0.05) is 10.8 Å². The zero-order valence-corrected chi connectivity index (χ0v) is 33.7. The first-order valence-corrected chi connectivity index (χ1v) is 18.6. The van der Waals surface area contributed by atoms with Gasteiger partial charge in [-0.25, -0.2) is 28.8 Å². The quantitative estimate of drug-likeness (QED) is 0.0685. The molecule has 4 aromatic heterocycles. The van der Waals surface area contributed by atoms with Gasteiger partial charge in [0.1, 0.15) is 33.6 Å². The van der Waals surface area contributed by atoms with Gasteiger partial charge >= 0.3 is 35.8 Å². The topological polar surface area (TPSA) is 167 Å². The minimum Gasteiger partial charge on any atom is -0.459 e. The van der Waals surface area contributed by atoms with E-state index < -0.39 is 72.4 Å². The third-order valence-electron chi connectivity index (χ3n) is 8.18. The summed E-state index contributed by atoms with van der Waals surface area (Å²) in [6.07, 6.45) is -3.82. The van der Waals surface area contributed by atoms with Crippen LogP contribution in [0.25, 0.3) is 32.8 Å². The van der Waals surface area contributed by atoms with E-state index in [-0.39, 0.29) is 55.7 Å². The summed E-state index contributed by atoms with van der Waals surface area (Å²) in [7, 11) is 0. The third-order valence-corrected chi connectivity index (χ3v) is 8.18. The molecule has 14 heteroatoms. The van der Waals surface area contributed by atoms with Crippen LogP contribution in [-0.2, 0) is 28.4 Å². The molecule has 0 spiro atoms. The third kappa shape index (κ3) is 7.77. The Hall–Kier alpha value is -5.92. The fourth-order valence-corrected chi connectivity index (χ4v) is 6.48. The van der Waals surface area contributed by atoms with Gasteiger partial charge in [0.25, 0.3) is 0 Å². The second kappa shape index (κ2) is 16.0. The van der Waals surface area contributed by atoms with Gasteiger partial charge in [0.2, 0.25) is 0 Å². The number of hydrogen-bond donors (Lipinski definition) is 0. The SMILES string of the molecule is CC(C)OC(=O)c1c(C(=O)OC(C)C)c2ccc3ccc4ccc5c(C(=O)OC(C)C)c(C(=O)OC(C)C)c(C(=O)OC(C)C)n5c4c3n2c1C(=O)OC(C)C. The summed E-state index contributed by atoms with van der Waals surface area (Å²) < 4.78 is 36.7. The van der Waals surface area contributed by atoms with Crippen molar-refractivity contribution in [2.24, 2.45) is 0 Å². The van der Waals surface area contributed by atoms with Crippen LogP contribution in [0, 0.1) is 0 Å². The molecular weight excluding hydrogens is 724 g/mol. The van der Waals surface area contributed by atoms with E-state index in [1.807, 2.05) is 0 Å². The molecule has 0 radical (unpaired) electrons. The lowest BCUT2D eigenvalue weighted by atomic mass is 10.1. The van der Waals surface area contributed by atoms with Gasteiger partial charge in [-0.3, -0.25) is 8.80 Å². The summed E-state index contributed by atoms with van der Waals surface area (Å²) in [5.41, 5.74) is -1.41. The average Bonchev–Trinajstić information content (AvgIpc) is 3.61. The Morgan fingerprint density at radius 2 is 0.589 bits per heavy atom. The number of rotatable bonds is 12. The zero-order valence-electron chi connectivity index (χ0n) is 33.7. The number of benzene rings is 1. The maximum atomic E-state index is 14.3. The summed E-state index contributed by atoms with van der Waals surface area (Å²) in [5.74, 6) is -5.68. The molecule has 0 bridgehead atoms. The van der Waals surface area contributed by atoms with E-state index in [4.69, 9.17) is 28.4 Å². The van der Waals surface area contributed by atoms with Crippen molar-refractivity contribution in [3.63, 3.8) is 0 Å². The molecular formula is C42H48N2O12. The highest BCUT2D eigenvalue weighted by Gasteiger charge is 2.39. The van der Waals surface area contributed by atoms with E-state index in [0.29, 0.717) is 10.8 Å². The maximum Gasteiger partial charge on any atom is 0.356 e. The van der Waals surface area contributed by atoms with Crippen molar-refractivity contribution in [1.82, 2.24) is 8.80 Å². The van der Waals surface area contributed by atoms with Crippen LogP contribution >= 0.6 is 0 Å². The molecule has 1 aromatic carbocycles. The fourth-order valence-electron chi connectivity index (χ4n) is 6.48. The van der Waals surface area contributed by atoms with Gasteiger partial charge < -0.3 is 28.4 Å². The van der Waals surface area contributed by atoms with Crippen molar-refractivity contribution in [2.45, 2.75) is 120 Å². The number of fused-ring (bicyclic) bond motifs is 7. The van der Waals surface area contributed by atoms with E-state index in [1.165, 1.54) is 8.80 Å². The lowest BCUT2D eigenvalue weighted by Crippen LogP contribution is -2.22. The molecule has 0 aliphatic heterocycles. The molecule has 0 saturated carbocycles. The number of esters is 6. The second-order valence-electron chi connectivity index (χ2n) is 15.0. The fraction of sp³-hybridized carbons (Fsp3) is 0.429. The first-order chi connectivity index (χ1) is 26.2. The summed E-state index contributed by atoms with van der Waals surface area (Å²) in [4.78, 5) is 84.8. The van der Waals surface area contributed by atoms with Crippen LogP contribution in [0.1, 0.15) is 145 Å². The summed E-state index contributed by atoms with van der Waals surface area (Å²) in [5, 5.41) is 0.932. The Balaban J connectivity index is 2.17. The Kier molecular flexibility index (Phi) is 11.8. The highest BCUT2D eigenvalue weighted by atomic mass is 16.6. The highest BCUT2D eigenvalue weighted by Crippen LogP contribution is 2.38. The Bertz CT molecular complexity index is 2240. The van der Waals surface area contributed by atoms with Crippen molar-refractivity contribution in [3.8, 4) is 0 Å². The Morgan fingerprint density at radius 1 is 0.357 bits per heavy atom. The van der Waals surface area contributed by atoms with E-state index in [2.05, 4.69) is 0 Å². The minimum atomic E-state index is -0.978. The van der Waals surface area contributed by atoms with Gasteiger partial charge in [-0.05, 0) is 95.2 Å². The number of ether oxygens (including phenoxy) is 6. The lowest BCUT2D eigenvalue weighted by molar-refractivity contribution is 0.0307. The zero-order chi connectivity index (χ0) is 41.5. The second-order valence-corrected chi connectivity index (χ2v) is 15.0. The molecule has 4 heterocycles. The highest BCUT2D eigenvalue weighted by molar-refractivity contribution is 6.20. The molecule has 0 saturated heterocycles. The van der Waals surface area contributed by atoms with Gasteiger partial charge in [0.05, 0.1) is 58.7 Å². The number of pyridine rings is 2. The molecule has 0 N–H and O–H groups in total. The normalized spacial score (nSPS) is 11.9. The molecule has 5 rings (SSSR count). The number of hydrogen-bond acceptors (Lipinski definition) is 12. The van der Waals surface area contributed by atoms with E-state index in [1.54, 1.807) is 119 Å². The van der Waals surface area contributed by atoms with Crippen LogP contribution < -0.4 is 0 Å². The first-order valence-electron chi connectivity index (χ1n) is 18.6. The van der Waals surface area contributed by atoms with Crippen molar-refractivity contribution in [3.05, 3.63) is 70.0 Å². The van der Waals surface area contributed by atoms with Gasteiger partial charge in [-0.15, -0.1) is 0 Å². The van der Waals surface area contributed by atoms with Crippen LogP contribution in [0.4, 0.5) is 0 Å². The van der Waals surface area contributed by atoms with Crippen molar-refractivity contribution in [2.75, 3.05) is 0 Å². The van der Waals surface area contributed by atoms with Gasteiger partial charge in [-0.2, -0.15) is 0 Å². The molecule has 0 aliphatic carbocycles. The van der Waals surface area contributed by atoms with E-state index >= 15 is 0 Å². The molecule has 0 atom stereocenters. The molecule has 14 nitrogen and oxygen atoms in total. The van der Waals surface area contributed by atoms with Crippen LogP contribution in [0.3, 0.4) is 0 Å². The number of nitrogens with zero attached hydrogens (tertiary/aromatic N) is 2. The molecule has 298 valence electrons. The number of carbonyl (C=O) groups excluding carboxylic acids is 6. The van der Waals surface area contributed by atoms with Crippen molar-refractivity contribution in [1.29, 1.82) is 0 Å². The lowest BCUT2D eigenvalue weighted by Gasteiger charge is -2.16. The van der Waals surface area contributed by atoms with Crippen LogP contribution in [0.15, 0.2) is 36.4 Å². The van der Waals surface area contributed by atoms with Crippen LogP contribution in [0.5, 0.6) is 0 Å². The summed E-state index contributed by atoms with van der Waals surface area (Å²) in [6.45, 7) is 19.6. The predicted octanol–water partition coefficient (Wildman–Crippen LogP) is 7.89. The monoisotopic (exact) mass is 772 g/mol. The summed E-state index contributed by atoms with van der Waals surface area (Å²) >= 11 is 0. The molecule has 0 aliphatic rings. The van der Waals surface area contributed by atoms with Crippen LogP contribution in [0.2, 0.25) is 0 Å². The Labute approximate surface area is 323 Å². The molecule has 56 heavy (non-hydrogen) atoms. The summed E-state index contributed by atoms with van der Waals surface area (Å²) in [6, 6.07) is 9.95. The largest absolute Gasteiger partial charge is 0.459 e. The number of aromatic nitrogens is 2. The van der Waals surface area contributed by atoms with Crippen molar-refractivity contribution < 1.29 is 57.2 Å². The standard InChI is InChI=1S/C42H48N2O12/c1-19(2)51-37(45)29-27-17-15-25-13-14-26-16-18-28-30(38(46)52-20(3)4)32(40(48)54-22(7)8)36(42(50)56-24(11)12)44(28)34(26)33(25)43(27)35(41(49)55-23(9)10)31(29)39(47)53-21(5)6/h13-24H,1-12H3. The minimum absolute atomic E-state index is 0.0800. The van der Waals surface area contributed by atoms with Crippen molar-refractivity contribution >= 4 is 68.7 Å². The average molecular weight is 773 g/mol. The molecule has 0 unspecified atom stereocenters. The van der Waals surface area contributed by atoms with E-state index in [0.717, 1.165) is 0 Å².